The summed E-state index contributed by atoms with van der Waals surface area (Å²) < 4.78 is 38.5. The third kappa shape index (κ3) is 2.79. The zero-order valence-electron chi connectivity index (χ0n) is 6.35. The molecule has 0 aromatic carbocycles. The first-order valence-electron chi connectivity index (χ1n) is 3.17. The molecular formula is C6H3F3INO3. The molecule has 4 nitrogen and oxygen atoms in total. The van der Waals surface area contributed by atoms with E-state index in [2.05, 4.69) is 9.72 Å². The van der Waals surface area contributed by atoms with Gasteiger partial charge >= 0.3 is 6.36 Å². The van der Waals surface area contributed by atoms with Crippen molar-refractivity contribution in [3.05, 3.63) is 20.1 Å². The highest BCUT2D eigenvalue weighted by Crippen LogP contribution is 2.31. The predicted molar refractivity (Wildman–Crippen MR) is 48.1 cm³/mol. The van der Waals surface area contributed by atoms with E-state index in [4.69, 9.17) is 5.11 Å². The third-order valence-electron chi connectivity index (χ3n) is 1.16. The van der Waals surface area contributed by atoms with Gasteiger partial charge in [0.25, 0.3) is 5.56 Å². The Morgan fingerprint density at radius 1 is 1.50 bits per heavy atom. The van der Waals surface area contributed by atoms with Crippen molar-refractivity contribution in [3.8, 4) is 11.5 Å². The van der Waals surface area contributed by atoms with E-state index in [0.29, 0.717) is 6.07 Å². The number of hydrogen-bond acceptors (Lipinski definition) is 3. The average Bonchev–Trinajstić information content (AvgIpc) is 1.96. The summed E-state index contributed by atoms with van der Waals surface area (Å²) in [4.78, 5) is 12.8. The first kappa shape index (κ1) is 11.1. The molecule has 0 aliphatic carbocycles. The summed E-state index contributed by atoms with van der Waals surface area (Å²) in [5, 5.41) is 9.08. The van der Waals surface area contributed by atoms with Crippen LogP contribution in [0.3, 0.4) is 0 Å². The lowest BCUT2D eigenvalue weighted by molar-refractivity contribution is -0.275. The van der Waals surface area contributed by atoms with Crippen molar-refractivity contribution in [3.63, 3.8) is 0 Å². The Bertz CT molecular complexity index is 400. The Morgan fingerprint density at radius 3 is 2.57 bits per heavy atom. The quantitative estimate of drug-likeness (QED) is 0.610. The first-order valence-corrected chi connectivity index (χ1v) is 4.25. The minimum Gasteiger partial charge on any atom is -0.502 e. The number of nitrogens with one attached hydrogen (secondary N) is 1. The van der Waals surface area contributed by atoms with Gasteiger partial charge in [0.2, 0.25) is 0 Å². The van der Waals surface area contributed by atoms with E-state index in [-0.39, 0.29) is 3.70 Å². The van der Waals surface area contributed by atoms with Crippen LogP contribution in [0, 0.1) is 3.70 Å². The number of H-pyrrole nitrogens is 1. The minimum absolute atomic E-state index is 0.116. The molecule has 0 aliphatic heterocycles. The normalized spacial score (nSPS) is 11.4. The molecule has 1 rings (SSSR count). The molecule has 0 fully saturated rings. The molecule has 0 atom stereocenters. The van der Waals surface area contributed by atoms with Crippen molar-refractivity contribution in [2.75, 3.05) is 0 Å². The zero-order valence-corrected chi connectivity index (χ0v) is 8.51. The fraction of sp³-hybridized carbons (Fsp3) is 0.167. The summed E-state index contributed by atoms with van der Waals surface area (Å²) in [6, 6.07) is 0.519. The third-order valence-corrected chi connectivity index (χ3v) is 1.94. The fourth-order valence-corrected chi connectivity index (χ4v) is 1.23. The summed E-state index contributed by atoms with van der Waals surface area (Å²) in [6.45, 7) is 0. The van der Waals surface area contributed by atoms with Crippen LogP contribution in [0.2, 0.25) is 0 Å². The van der Waals surface area contributed by atoms with E-state index in [0.717, 1.165) is 0 Å². The molecule has 14 heavy (non-hydrogen) atoms. The Labute approximate surface area is 88.8 Å². The highest BCUT2D eigenvalue weighted by Gasteiger charge is 2.32. The standard InChI is InChI=1S/C6H3F3INO3/c7-6(8,9)14-2-1-3(12)11-5(10)4(2)13/h1,13H,(H,11,12). The molecular weight excluding hydrogens is 318 g/mol. The molecule has 1 aromatic heterocycles. The Hall–Kier alpha value is -0.930. The number of aromatic amines is 1. The first-order chi connectivity index (χ1) is 6.29. The van der Waals surface area contributed by atoms with Crippen molar-refractivity contribution in [1.29, 1.82) is 0 Å². The molecule has 0 spiro atoms. The van der Waals surface area contributed by atoms with Crippen LogP contribution in [-0.2, 0) is 0 Å². The Kier molecular flexibility index (Phi) is 2.92. The molecule has 1 heterocycles. The topological polar surface area (TPSA) is 62.3 Å². The summed E-state index contributed by atoms with van der Waals surface area (Å²) in [5.74, 6) is -1.66. The SMILES string of the molecule is O=c1cc(OC(F)(F)F)c(O)c(I)[nH]1. The van der Waals surface area contributed by atoms with E-state index in [1.165, 1.54) is 22.6 Å². The molecule has 0 saturated carbocycles. The Morgan fingerprint density at radius 2 is 2.07 bits per heavy atom. The number of pyridine rings is 1. The molecule has 0 amide bonds. The number of rotatable bonds is 1. The van der Waals surface area contributed by atoms with Crippen LogP contribution in [0.5, 0.6) is 11.5 Å². The molecule has 1 aromatic rings. The maximum atomic E-state index is 11.7. The Balaban J connectivity index is 3.15. The minimum atomic E-state index is -4.94. The second kappa shape index (κ2) is 3.67. The summed E-state index contributed by atoms with van der Waals surface area (Å²) in [6.07, 6.45) is -4.94. The van der Waals surface area contributed by atoms with Crippen LogP contribution in [0.1, 0.15) is 0 Å². The van der Waals surface area contributed by atoms with Crippen molar-refractivity contribution in [1.82, 2.24) is 4.98 Å². The van der Waals surface area contributed by atoms with E-state index in [1.807, 2.05) is 0 Å². The van der Waals surface area contributed by atoms with Gasteiger partial charge in [-0.3, -0.25) is 4.79 Å². The molecule has 0 aliphatic rings. The van der Waals surface area contributed by atoms with E-state index in [1.54, 1.807) is 0 Å². The average molecular weight is 321 g/mol. The van der Waals surface area contributed by atoms with Crippen LogP contribution < -0.4 is 10.3 Å². The molecule has 8 heteroatoms. The van der Waals surface area contributed by atoms with Crippen LogP contribution in [0.4, 0.5) is 13.2 Å². The molecule has 0 radical (unpaired) electrons. The highest BCUT2D eigenvalue weighted by atomic mass is 127. The predicted octanol–water partition coefficient (Wildman–Crippen LogP) is 1.58. The lowest BCUT2D eigenvalue weighted by Gasteiger charge is -2.09. The largest absolute Gasteiger partial charge is 0.573 e. The van der Waals surface area contributed by atoms with Gasteiger partial charge in [0.15, 0.2) is 11.5 Å². The van der Waals surface area contributed by atoms with Crippen molar-refractivity contribution < 1.29 is 23.0 Å². The molecule has 0 bridgehead atoms. The fourth-order valence-electron chi connectivity index (χ4n) is 0.702. The van der Waals surface area contributed by atoms with E-state index < -0.39 is 23.4 Å². The maximum Gasteiger partial charge on any atom is 0.573 e. The second-order valence-electron chi connectivity index (χ2n) is 2.21. The van der Waals surface area contributed by atoms with Crippen LogP contribution in [-0.4, -0.2) is 16.5 Å². The van der Waals surface area contributed by atoms with Gasteiger partial charge in [-0.05, 0) is 22.6 Å². The van der Waals surface area contributed by atoms with Gasteiger partial charge < -0.3 is 14.8 Å². The van der Waals surface area contributed by atoms with Gasteiger partial charge in [-0.15, -0.1) is 13.2 Å². The van der Waals surface area contributed by atoms with Gasteiger partial charge in [0.1, 0.15) is 3.70 Å². The lowest BCUT2D eigenvalue weighted by Crippen LogP contribution is -2.19. The summed E-state index contributed by atoms with van der Waals surface area (Å²) in [5.41, 5.74) is -0.786. The van der Waals surface area contributed by atoms with Gasteiger partial charge in [-0.2, -0.15) is 0 Å². The van der Waals surface area contributed by atoms with Crippen LogP contribution in [0.15, 0.2) is 10.9 Å². The van der Waals surface area contributed by atoms with Gasteiger partial charge in [0, 0.05) is 6.07 Å². The molecule has 2 N–H and O–H groups in total. The van der Waals surface area contributed by atoms with Gasteiger partial charge in [-0.25, -0.2) is 0 Å². The lowest BCUT2D eigenvalue weighted by atomic mass is 10.4. The highest BCUT2D eigenvalue weighted by molar-refractivity contribution is 14.1. The number of halogens is 4. The van der Waals surface area contributed by atoms with Gasteiger partial charge in [0.05, 0.1) is 0 Å². The monoisotopic (exact) mass is 321 g/mol. The summed E-state index contributed by atoms with van der Waals surface area (Å²) in [7, 11) is 0. The van der Waals surface area contributed by atoms with Crippen molar-refractivity contribution in [2.24, 2.45) is 0 Å². The van der Waals surface area contributed by atoms with Crippen LogP contribution in [0.25, 0.3) is 0 Å². The zero-order chi connectivity index (χ0) is 10.9. The summed E-state index contributed by atoms with van der Waals surface area (Å²) >= 11 is 1.47. The van der Waals surface area contributed by atoms with E-state index in [9.17, 15) is 18.0 Å². The maximum absolute atomic E-state index is 11.7. The van der Waals surface area contributed by atoms with Crippen molar-refractivity contribution in [2.45, 2.75) is 6.36 Å². The molecule has 0 saturated heterocycles. The number of aromatic nitrogens is 1. The van der Waals surface area contributed by atoms with Gasteiger partial charge in [-0.1, -0.05) is 0 Å². The molecule has 78 valence electrons. The molecule has 0 unspecified atom stereocenters. The number of aromatic hydroxyl groups is 1. The number of alkyl halides is 3. The number of hydrogen-bond donors (Lipinski definition) is 2. The van der Waals surface area contributed by atoms with Crippen LogP contribution >= 0.6 is 22.6 Å². The van der Waals surface area contributed by atoms with E-state index >= 15 is 0 Å². The number of ether oxygens (including phenoxy) is 1. The second-order valence-corrected chi connectivity index (χ2v) is 3.29. The smallest absolute Gasteiger partial charge is 0.502 e. The van der Waals surface area contributed by atoms with Crippen molar-refractivity contribution >= 4 is 22.6 Å².